The molecule has 0 amide bonds. The van der Waals surface area contributed by atoms with E-state index in [1.165, 1.54) is 32.1 Å². The van der Waals surface area contributed by atoms with Gasteiger partial charge in [-0.3, -0.25) is 0 Å². The van der Waals surface area contributed by atoms with Gasteiger partial charge in [0.05, 0.1) is 0 Å². The third-order valence-corrected chi connectivity index (χ3v) is 4.53. The first-order chi connectivity index (χ1) is 4.43. The molecule has 0 atom stereocenters. The standard InChI is InChI=1S/C6H11PS2/c8-7-9-6-4-2-1-3-5-6/h6H,1-5H2. The molecule has 0 saturated heterocycles. The second kappa shape index (κ2) is 4.65. The van der Waals surface area contributed by atoms with Crippen LogP contribution >= 0.6 is 17.9 Å². The lowest BCUT2D eigenvalue weighted by atomic mass is 10.0. The summed E-state index contributed by atoms with van der Waals surface area (Å²) in [7, 11) is 0. The molecule has 0 aromatic carbocycles. The zero-order valence-corrected chi connectivity index (χ0v) is 7.90. The molecule has 1 saturated carbocycles. The third-order valence-electron chi connectivity index (χ3n) is 1.74. The van der Waals surface area contributed by atoms with Gasteiger partial charge in [-0.05, 0) is 24.6 Å². The van der Waals surface area contributed by atoms with Crippen molar-refractivity contribution in [2.75, 3.05) is 0 Å². The van der Waals surface area contributed by atoms with E-state index in [9.17, 15) is 0 Å². The molecule has 0 heterocycles. The minimum atomic E-state index is 0.901. The van der Waals surface area contributed by atoms with Crippen LogP contribution < -0.4 is 0 Å². The van der Waals surface area contributed by atoms with Crippen LogP contribution in [0.1, 0.15) is 32.1 Å². The SMILES string of the molecule is S=PSC1CCCCC1. The van der Waals surface area contributed by atoms with Gasteiger partial charge in [-0.1, -0.05) is 30.6 Å². The molecule has 1 rings (SSSR count). The van der Waals surface area contributed by atoms with Crippen molar-refractivity contribution in [1.82, 2.24) is 0 Å². The molecule has 0 radical (unpaired) electrons. The molecular formula is C6H11PS2. The highest BCUT2D eigenvalue weighted by molar-refractivity contribution is 8.58. The average Bonchev–Trinajstić information content (AvgIpc) is 1.91. The lowest BCUT2D eigenvalue weighted by Gasteiger charge is -2.17. The van der Waals surface area contributed by atoms with Crippen LogP contribution in [0.2, 0.25) is 0 Å². The van der Waals surface area contributed by atoms with E-state index >= 15 is 0 Å². The van der Waals surface area contributed by atoms with Crippen molar-refractivity contribution in [2.24, 2.45) is 0 Å². The van der Waals surface area contributed by atoms with Gasteiger partial charge in [-0.25, -0.2) is 0 Å². The molecule has 1 aliphatic carbocycles. The van der Waals surface area contributed by atoms with Crippen molar-refractivity contribution in [3.63, 3.8) is 0 Å². The van der Waals surface area contributed by atoms with Gasteiger partial charge < -0.3 is 0 Å². The second-order valence-electron chi connectivity index (χ2n) is 2.44. The zero-order chi connectivity index (χ0) is 6.53. The van der Waals surface area contributed by atoms with E-state index in [2.05, 4.69) is 0 Å². The maximum atomic E-state index is 4.87. The van der Waals surface area contributed by atoms with Gasteiger partial charge >= 0.3 is 0 Å². The molecule has 1 aliphatic rings. The van der Waals surface area contributed by atoms with E-state index < -0.39 is 0 Å². The van der Waals surface area contributed by atoms with Crippen molar-refractivity contribution in [1.29, 1.82) is 0 Å². The first kappa shape index (κ1) is 7.97. The Bertz CT molecular complexity index is 89.1. The van der Waals surface area contributed by atoms with Gasteiger partial charge in [0.25, 0.3) is 0 Å². The molecule has 1 fully saturated rings. The molecule has 9 heavy (non-hydrogen) atoms. The van der Waals surface area contributed by atoms with Gasteiger partial charge in [-0.2, -0.15) is 0 Å². The fourth-order valence-electron chi connectivity index (χ4n) is 1.23. The van der Waals surface area contributed by atoms with Gasteiger partial charge in [0.1, 0.15) is 0 Å². The summed E-state index contributed by atoms with van der Waals surface area (Å²) >= 11 is 6.81. The number of rotatable bonds is 2. The largest absolute Gasteiger partial charge is 0.0872 e. The summed E-state index contributed by atoms with van der Waals surface area (Å²) < 4.78 is 0. The highest BCUT2D eigenvalue weighted by Gasteiger charge is 2.11. The Morgan fingerprint density at radius 2 is 1.89 bits per heavy atom. The Balaban J connectivity index is 2.15. The molecule has 0 spiro atoms. The molecule has 0 aromatic heterocycles. The second-order valence-corrected chi connectivity index (χ2v) is 5.89. The minimum absolute atomic E-state index is 0.901. The highest BCUT2D eigenvalue weighted by Crippen LogP contribution is 2.34. The van der Waals surface area contributed by atoms with Gasteiger partial charge in [0.2, 0.25) is 0 Å². The van der Waals surface area contributed by atoms with Crippen LogP contribution in [0.25, 0.3) is 0 Å². The summed E-state index contributed by atoms with van der Waals surface area (Å²) in [4.78, 5) is 0. The van der Waals surface area contributed by atoms with E-state index in [1.54, 1.807) is 0 Å². The van der Waals surface area contributed by atoms with Crippen molar-refractivity contribution >= 4 is 29.7 Å². The predicted octanol–water partition coefficient (Wildman–Crippen LogP) is 3.38. The van der Waals surface area contributed by atoms with E-state index in [0.717, 1.165) is 11.8 Å². The van der Waals surface area contributed by atoms with Gasteiger partial charge in [0.15, 0.2) is 0 Å². The predicted molar refractivity (Wildman–Crippen MR) is 48.7 cm³/mol. The van der Waals surface area contributed by atoms with Gasteiger partial charge in [-0.15, -0.1) is 0 Å². The smallest absolute Gasteiger partial charge is 0.0433 e. The highest BCUT2D eigenvalue weighted by atomic mass is 32.9. The Labute approximate surface area is 67.4 Å². The monoisotopic (exact) mass is 178 g/mol. The van der Waals surface area contributed by atoms with Crippen LogP contribution in [0.3, 0.4) is 0 Å². The van der Waals surface area contributed by atoms with Crippen LogP contribution in [-0.4, -0.2) is 5.25 Å². The normalized spacial score (nSPS) is 22.7. The fourth-order valence-corrected chi connectivity index (χ4v) is 3.99. The molecule has 0 aliphatic heterocycles. The lowest BCUT2D eigenvalue weighted by molar-refractivity contribution is 0.517. The molecule has 52 valence electrons. The maximum absolute atomic E-state index is 4.87. The van der Waals surface area contributed by atoms with Gasteiger partial charge in [0, 0.05) is 11.8 Å². The Morgan fingerprint density at radius 1 is 1.22 bits per heavy atom. The Kier molecular flexibility index (Phi) is 4.12. The van der Waals surface area contributed by atoms with Crippen LogP contribution in [0.5, 0.6) is 0 Å². The van der Waals surface area contributed by atoms with Crippen molar-refractivity contribution < 1.29 is 0 Å². The average molecular weight is 178 g/mol. The molecule has 3 heteroatoms. The Hall–Kier alpha value is 0.870. The number of hydrogen-bond donors (Lipinski definition) is 0. The molecular weight excluding hydrogens is 167 g/mol. The van der Waals surface area contributed by atoms with Crippen LogP contribution in [-0.2, 0) is 11.8 Å². The van der Waals surface area contributed by atoms with E-state index in [0.29, 0.717) is 0 Å². The maximum Gasteiger partial charge on any atom is 0.0433 e. The minimum Gasteiger partial charge on any atom is -0.0872 e. The van der Waals surface area contributed by atoms with Crippen LogP contribution in [0, 0.1) is 0 Å². The van der Waals surface area contributed by atoms with E-state index in [-0.39, 0.29) is 0 Å². The number of hydrogen-bond acceptors (Lipinski definition) is 2. The summed E-state index contributed by atoms with van der Waals surface area (Å²) in [5.74, 6) is 0. The molecule has 0 nitrogen and oxygen atoms in total. The summed E-state index contributed by atoms with van der Waals surface area (Å²) in [6, 6.07) is 0. The van der Waals surface area contributed by atoms with Crippen molar-refractivity contribution in [3.05, 3.63) is 0 Å². The quantitative estimate of drug-likeness (QED) is 0.594. The zero-order valence-electron chi connectivity index (χ0n) is 5.38. The summed E-state index contributed by atoms with van der Waals surface area (Å²) in [5, 5.41) is 0.901. The van der Waals surface area contributed by atoms with Crippen molar-refractivity contribution in [3.8, 4) is 0 Å². The third kappa shape index (κ3) is 2.97. The Morgan fingerprint density at radius 3 is 2.44 bits per heavy atom. The van der Waals surface area contributed by atoms with E-state index in [1.807, 2.05) is 11.4 Å². The molecule has 0 aromatic rings. The topological polar surface area (TPSA) is 0 Å². The summed E-state index contributed by atoms with van der Waals surface area (Å²) in [6.45, 7) is 1.10. The first-order valence-corrected chi connectivity index (χ1v) is 6.81. The molecule has 0 unspecified atom stereocenters. The summed E-state index contributed by atoms with van der Waals surface area (Å²) in [5.41, 5.74) is 0. The van der Waals surface area contributed by atoms with Crippen molar-refractivity contribution in [2.45, 2.75) is 37.4 Å². The van der Waals surface area contributed by atoms with Crippen LogP contribution in [0.4, 0.5) is 0 Å². The van der Waals surface area contributed by atoms with E-state index in [4.69, 9.17) is 11.8 Å². The lowest BCUT2D eigenvalue weighted by Crippen LogP contribution is -2.05. The molecule has 0 N–H and O–H groups in total. The molecule has 0 bridgehead atoms. The fraction of sp³-hybridized carbons (Fsp3) is 1.00. The first-order valence-electron chi connectivity index (χ1n) is 3.42. The van der Waals surface area contributed by atoms with Crippen LogP contribution in [0.15, 0.2) is 0 Å². The summed E-state index contributed by atoms with van der Waals surface area (Å²) in [6.07, 6.45) is 7.14.